The van der Waals surface area contributed by atoms with E-state index >= 15 is 0 Å². The third-order valence-corrected chi connectivity index (χ3v) is 2.24. The van der Waals surface area contributed by atoms with Gasteiger partial charge in [0, 0.05) is 24.8 Å². The van der Waals surface area contributed by atoms with Crippen LogP contribution in [0.2, 0.25) is 0 Å². The molecule has 1 aromatic rings. The third kappa shape index (κ3) is 4.40. The highest BCUT2D eigenvalue weighted by Crippen LogP contribution is 2.15. The molecular formula is C12H18FN3O. The van der Waals surface area contributed by atoms with Gasteiger partial charge in [0.1, 0.15) is 5.82 Å². The second kappa shape index (κ2) is 6.20. The minimum absolute atomic E-state index is 0.176. The Labute approximate surface area is 100 Å². The molecule has 0 fully saturated rings. The number of hydrogen-bond donors (Lipinski definition) is 3. The molecule has 4 N–H and O–H groups in total. The highest BCUT2D eigenvalue weighted by molar-refractivity contribution is 5.98. The smallest absolute Gasteiger partial charge is 0.250 e. The van der Waals surface area contributed by atoms with Crippen molar-refractivity contribution in [1.29, 1.82) is 0 Å². The summed E-state index contributed by atoms with van der Waals surface area (Å²) in [6.07, 6.45) is 0. The lowest BCUT2D eigenvalue weighted by Gasteiger charge is -2.12. The van der Waals surface area contributed by atoms with Crippen LogP contribution in [0.1, 0.15) is 24.2 Å². The molecular weight excluding hydrogens is 221 g/mol. The van der Waals surface area contributed by atoms with E-state index in [2.05, 4.69) is 10.6 Å². The average Bonchev–Trinajstić information content (AvgIpc) is 2.25. The monoisotopic (exact) mass is 239 g/mol. The Bertz CT molecular complexity index is 393. The highest BCUT2D eigenvalue weighted by Gasteiger charge is 2.08. The summed E-state index contributed by atoms with van der Waals surface area (Å²) in [7, 11) is 0. The van der Waals surface area contributed by atoms with Crippen LogP contribution in [0.5, 0.6) is 0 Å². The molecule has 17 heavy (non-hydrogen) atoms. The Hall–Kier alpha value is -1.62. The molecule has 1 aromatic carbocycles. The van der Waals surface area contributed by atoms with Crippen LogP contribution < -0.4 is 16.4 Å². The largest absolute Gasteiger partial charge is 0.383 e. The summed E-state index contributed by atoms with van der Waals surface area (Å²) in [6.45, 7) is 5.50. The van der Waals surface area contributed by atoms with Gasteiger partial charge < -0.3 is 16.4 Å². The summed E-state index contributed by atoms with van der Waals surface area (Å²) in [5, 5.41) is 6.27. The van der Waals surface area contributed by atoms with Crippen molar-refractivity contribution in [1.82, 2.24) is 5.32 Å². The maximum absolute atomic E-state index is 13.0. The van der Waals surface area contributed by atoms with Gasteiger partial charge in [0.15, 0.2) is 0 Å². The van der Waals surface area contributed by atoms with Crippen molar-refractivity contribution in [2.24, 2.45) is 5.73 Å². The van der Waals surface area contributed by atoms with Gasteiger partial charge in [0.05, 0.1) is 5.56 Å². The number of hydrogen-bond acceptors (Lipinski definition) is 3. The SMILES string of the molecule is CC(C)NCCNc1ccc(F)cc1C(N)=O. The fraction of sp³-hybridized carbons (Fsp3) is 0.417. The van der Waals surface area contributed by atoms with Crippen molar-refractivity contribution in [3.05, 3.63) is 29.6 Å². The van der Waals surface area contributed by atoms with Crippen LogP contribution in [0.3, 0.4) is 0 Å². The molecule has 0 aromatic heterocycles. The minimum Gasteiger partial charge on any atom is -0.383 e. The molecule has 0 aliphatic carbocycles. The second-order valence-corrected chi connectivity index (χ2v) is 4.09. The predicted molar refractivity (Wildman–Crippen MR) is 66.5 cm³/mol. The quantitative estimate of drug-likeness (QED) is 0.656. The van der Waals surface area contributed by atoms with Crippen molar-refractivity contribution in [3.63, 3.8) is 0 Å². The highest BCUT2D eigenvalue weighted by atomic mass is 19.1. The lowest BCUT2D eigenvalue weighted by molar-refractivity contribution is 0.100. The first-order chi connectivity index (χ1) is 8.00. The first-order valence-corrected chi connectivity index (χ1v) is 5.57. The lowest BCUT2D eigenvalue weighted by Crippen LogP contribution is -2.28. The molecule has 0 aliphatic heterocycles. The van der Waals surface area contributed by atoms with E-state index in [0.717, 1.165) is 12.6 Å². The number of benzene rings is 1. The zero-order chi connectivity index (χ0) is 12.8. The molecule has 1 rings (SSSR count). The number of halogens is 1. The molecule has 1 amide bonds. The van der Waals surface area contributed by atoms with Gasteiger partial charge in [-0.1, -0.05) is 13.8 Å². The normalized spacial score (nSPS) is 10.6. The first-order valence-electron chi connectivity index (χ1n) is 5.57. The molecule has 0 unspecified atom stereocenters. The van der Waals surface area contributed by atoms with Crippen LogP contribution in [-0.2, 0) is 0 Å². The minimum atomic E-state index is -0.635. The van der Waals surface area contributed by atoms with E-state index in [-0.39, 0.29) is 5.56 Å². The van der Waals surface area contributed by atoms with Crippen LogP contribution in [0.25, 0.3) is 0 Å². The molecule has 94 valence electrons. The zero-order valence-electron chi connectivity index (χ0n) is 10.1. The zero-order valence-corrected chi connectivity index (χ0v) is 10.1. The van der Waals surface area contributed by atoms with E-state index in [1.807, 2.05) is 13.8 Å². The summed E-state index contributed by atoms with van der Waals surface area (Å²) >= 11 is 0. The van der Waals surface area contributed by atoms with E-state index in [0.29, 0.717) is 18.3 Å². The summed E-state index contributed by atoms with van der Waals surface area (Å²) in [5.41, 5.74) is 5.91. The van der Waals surface area contributed by atoms with Crippen LogP contribution in [0.4, 0.5) is 10.1 Å². The number of nitrogens with two attached hydrogens (primary N) is 1. The predicted octanol–water partition coefficient (Wildman–Crippen LogP) is 1.33. The number of carbonyl (C=O) groups excluding carboxylic acids is 1. The van der Waals surface area contributed by atoms with E-state index < -0.39 is 11.7 Å². The summed E-state index contributed by atoms with van der Waals surface area (Å²) in [4.78, 5) is 11.1. The van der Waals surface area contributed by atoms with Gasteiger partial charge in [-0.3, -0.25) is 4.79 Å². The van der Waals surface area contributed by atoms with Crippen molar-refractivity contribution in [3.8, 4) is 0 Å². The van der Waals surface area contributed by atoms with Gasteiger partial charge in [0.25, 0.3) is 5.91 Å². The molecule has 0 saturated carbocycles. The molecule has 0 radical (unpaired) electrons. The van der Waals surface area contributed by atoms with Crippen LogP contribution in [-0.4, -0.2) is 25.0 Å². The fourth-order valence-corrected chi connectivity index (χ4v) is 1.43. The second-order valence-electron chi connectivity index (χ2n) is 4.09. The van der Waals surface area contributed by atoms with Crippen molar-refractivity contribution >= 4 is 11.6 Å². The van der Waals surface area contributed by atoms with Gasteiger partial charge in [-0.25, -0.2) is 4.39 Å². The van der Waals surface area contributed by atoms with Crippen molar-refractivity contribution < 1.29 is 9.18 Å². The number of rotatable bonds is 6. The number of nitrogens with one attached hydrogen (secondary N) is 2. The van der Waals surface area contributed by atoms with E-state index in [1.165, 1.54) is 12.1 Å². The Kier molecular flexibility index (Phi) is 4.90. The van der Waals surface area contributed by atoms with Gasteiger partial charge in [-0.05, 0) is 18.2 Å². The number of carbonyl (C=O) groups is 1. The van der Waals surface area contributed by atoms with E-state index in [4.69, 9.17) is 5.73 Å². The molecule has 0 bridgehead atoms. The average molecular weight is 239 g/mol. The van der Waals surface area contributed by atoms with Gasteiger partial charge in [0.2, 0.25) is 0 Å². The molecule has 5 heteroatoms. The molecule has 0 saturated heterocycles. The van der Waals surface area contributed by atoms with Crippen molar-refractivity contribution in [2.75, 3.05) is 18.4 Å². The Balaban J connectivity index is 2.61. The number of primary amides is 1. The Morgan fingerprint density at radius 1 is 1.41 bits per heavy atom. The molecule has 0 spiro atoms. The Morgan fingerprint density at radius 2 is 2.12 bits per heavy atom. The van der Waals surface area contributed by atoms with Gasteiger partial charge in [-0.2, -0.15) is 0 Å². The summed E-state index contributed by atoms with van der Waals surface area (Å²) in [5.74, 6) is -1.10. The van der Waals surface area contributed by atoms with Gasteiger partial charge in [-0.15, -0.1) is 0 Å². The maximum atomic E-state index is 13.0. The summed E-state index contributed by atoms with van der Waals surface area (Å²) in [6, 6.07) is 4.36. The fourth-order valence-electron chi connectivity index (χ4n) is 1.43. The standard InChI is InChI=1S/C12H18FN3O/c1-8(2)15-5-6-16-11-4-3-9(13)7-10(11)12(14)17/h3-4,7-8,15-16H,5-6H2,1-2H3,(H2,14,17). The van der Waals surface area contributed by atoms with E-state index in [9.17, 15) is 9.18 Å². The maximum Gasteiger partial charge on any atom is 0.250 e. The van der Waals surface area contributed by atoms with Crippen LogP contribution in [0, 0.1) is 5.82 Å². The topological polar surface area (TPSA) is 67.2 Å². The third-order valence-electron chi connectivity index (χ3n) is 2.24. The van der Waals surface area contributed by atoms with E-state index in [1.54, 1.807) is 0 Å². The van der Waals surface area contributed by atoms with Crippen LogP contribution in [0.15, 0.2) is 18.2 Å². The molecule has 0 heterocycles. The molecule has 0 aliphatic rings. The molecule has 4 nitrogen and oxygen atoms in total. The first kappa shape index (κ1) is 13.4. The summed E-state index contributed by atoms with van der Waals surface area (Å²) < 4.78 is 13.0. The number of amides is 1. The lowest BCUT2D eigenvalue weighted by atomic mass is 10.1. The molecule has 0 atom stereocenters. The van der Waals surface area contributed by atoms with Crippen LogP contribution >= 0.6 is 0 Å². The van der Waals surface area contributed by atoms with Crippen molar-refractivity contribution in [2.45, 2.75) is 19.9 Å². The number of anilines is 1. The van der Waals surface area contributed by atoms with Gasteiger partial charge >= 0.3 is 0 Å². The Morgan fingerprint density at radius 3 is 2.71 bits per heavy atom.